The van der Waals surface area contributed by atoms with Crippen LogP contribution in [0.2, 0.25) is 0 Å². The average Bonchev–Trinajstić information content (AvgIpc) is 2.74. The van der Waals surface area contributed by atoms with E-state index in [0.717, 1.165) is 16.7 Å². The molecule has 1 amide bonds. The van der Waals surface area contributed by atoms with Crippen molar-refractivity contribution >= 4 is 21.6 Å². The number of nitrogens with zero attached hydrogens (tertiary/aromatic N) is 2. The number of piperazine rings is 1. The summed E-state index contributed by atoms with van der Waals surface area (Å²) in [6.07, 6.45) is 0. The summed E-state index contributed by atoms with van der Waals surface area (Å²) in [5, 5.41) is 2.94. The second-order valence-electron chi connectivity index (χ2n) is 8.26. The lowest BCUT2D eigenvalue weighted by atomic mass is 10.1. The van der Waals surface area contributed by atoms with Gasteiger partial charge in [-0.25, -0.2) is 8.42 Å². The summed E-state index contributed by atoms with van der Waals surface area (Å²) in [6.45, 7) is 11.6. The van der Waals surface area contributed by atoms with Crippen molar-refractivity contribution in [2.24, 2.45) is 0 Å². The molecule has 0 spiro atoms. The van der Waals surface area contributed by atoms with Gasteiger partial charge >= 0.3 is 0 Å². The van der Waals surface area contributed by atoms with Crippen molar-refractivity contribution in [2.75, 3.05) is 38.1 Å². The second-order valence-corrected chi connectivity index (χ2v) is 10.1. The number of aryl methyl sites for hydroxylation is 3. The van der Waals surface area contributed by atoms with Crippen LogP contribution in [0.5, 0.6) is 5.75 Å². The Morgan fingerprint density at radius 2 is 1.66 bits per heavy atom. The molecule has 3 rings (SSSR count). The van der Waals surface area contributed by atoms with Crippen molar-refractivity contribution in [1.29, 1.82) is 0 Å². The first kappa shape index (κ1) is 24.2. The Labute approximate surface area is 191 Å². The molecule has 174 valence electrons. The zero-order chi connectivity index (χ0) is 23.5. The molecule has 0 aliphatic carbocycles. The molecule has 1 unspecified atom stereocenters. The lowest BCUT2D eigenvalue weighted by Crippen LogP contribution is -2.54. The number of carbonyl (C=O) groups is 1. The normalized spacial score (nSPS) is 16.5. The Bertz CT molecular complexity index is 1050. The number of amides is 1. The monoisotopic (exact) mass is 459 g/mol. The molecule has 1 atom stereocenters. The first-order chi connectivity index (χ1) is 15.1. The summed E-state index contributed by atoms with van der Waals surface area (Å²) < 4.78 is 33.7. The third-order valence-electron chi connectivity index (χ3n) is 5.85. The number of carbonyl (C=O) groups excluding carboxylic acids is 1. The summed E-state index contributed by atoms with van der Waals surface area (Å²) in [5.74, 6) is 0.494. The minimum absolute atomic E-state index is 0.140. The van der Waals surface area contributed by atoms with Crippen molar-refractivity contribution in [3.8, 4) is 5.75 Å². The van der Waals surface area contributed by atoms with Gasteiger partial charge in [-0.1, -0.05) is 29.8 Å². The molecule has 0 radical (unpaired) electrons. The van der Waals surface area contributed by atoms with Gasteiger partial charge in [-0.15, -0.1) is 0 Å². The Balaban J connectivity index is 1.66. The fraction of sp³-hybridized carbons (Fsp3) is 0.458. The maximum Gasteiger partial charge on any atom is 0.243 e. The highest BCUT2D eigenvalue weighted by Crippen LogP contribution is 2.27. The van der Waals surface area contributed by atoms with Crippen molar-refractivity contribution in [3.05, 3.63) is 53.1 Å². The predicted octanol–water partition coefficient (Wildman–Crippen LogP) is 3.34. The molecule has 1 heterocycles. The van der Waals surface area contributed by atoms with Crippen LogP contribution in [0.3, 0.4) is 0 Å². The third-order valence-corrected chi connectivity index (χ3v) is 8.05. The maximum absolute atomic E-state index is 13.3. The molecule has 7 nitrogen and oxygen atoms in total. The first-order valence-corrected chi connectivity index (χ1v) is 12.4. The molecule has 2 aromatic rings. The molecule has 0 aromatic heterocycles. The number of rotatable bonds is 7. The SMILES string of the molecule is CCOc1ccccc1NC(=O)C(C)N1CCN(S(=O)(=O)c2c(C)cc(C)cc2C)CC1. The highest BCUT2D eigenvalue weighted by molar-refractivity contribution is 7.89. The number of nitrogens with one attached hydrogen (secondary N) is 1. The van der Waals surface area contributed by atoms with Gasteiger partial charge in [-0.2, -0.15) is 4.31 Å². The summed E-state index contributed by atoms with van der Waals surface area (Å²) in [4.78, 5) is 15.3. The summed E-state index contributed by atoms with van der Waals surface area (Å²) >= 11 is 0. The number of benzene rings is 2. The van der Waals surface area contributed by atoms with Gasteiger partial charge in [-0.05, 0) is 57.9 Å². The van der Waals surface area contributed by atoms with Crippen LogP contribution < -0.4 is 10.1 Å². The van der Waals surface area contributed by atoms with E-state index in [-0.39, 0.29) is 5.91 Å². The number of sulfonamides is 1. The highest BCUT2D eigenvalue weighted by atomic mass is 32.2. The van der Waals surface area contributed by atoms with E-state index in [1.807, 2.05) is 75.9 Å². The number of ether oxygens (including phenoxy) is 1. The van der Waals surface area contributed by atoms with E-state index in [9.17, 15) is 13.2 Å². The van der Waals surface area contributed by atoms with E-state index in [1.54, 1.807) is 0 Å². The molecule has 1 N–H and O–H groups in total. The minimum Gasteiger partial charge on any atom is -0.492 e. The van der Waals surface area contributed by atoms with Crippen LogP contribution in [0.15, 0.2) is 41.3 Å². The highest BCUT2D eigenvalue weighted by Gasteiger charge is 2.33. The van der Waals surface area contributed by atoms with Crippen LogP contribution in [0.1, 0.15) is 30.5 Å². The van der Waals surface area contributed by atoms with Crippen molar-refractivity contribution in [1.82, 2.24) is 9.21 Å². The van der Waals surface area contributed by atoms with Crippen LogP contribution in [-0.2, 0) is 14.8 Å². The summed E-state index contributed by atoms with van der Waals surface area (Å²) in [5.41, 5.74) is 3.23. The molecular weight excluding hydrogens is 426 g/mol. The van der Waals surface area contributed by atoms with Crippen LogP contribution in [-0.4, -0.2) is 62.4 Å². The Hall–Kier alpha value is -2.42. The van der Waals surface area contributed by atoms with Gasteiger partial charge in [0.15, 0.2) is 0 Å². The van der Waals surface area contributed by atoms with E-state index in [4.69, 9.17) is 4.74 Å². The van der Waals surface area contributed by atoms with Crippen molar-refractivity contribution in [2.45, 2.75) is 45.6 Å². The Morgan fingerprint density at radius 3 is 2.25 bits per heavy atom. The van der Waals surface area contributed by atoms with E-state index >= 15 is 0 Å². The first-order valence-electron chi connectivity index (χ1n) is 11.0. The molecular formula is C24H33N3O4S. The number of para-hydroxylation sites is 2. The molecule has 0 saturated carbocycles. The van der Waals surface area contributed by atoms with Crippen molar-refractivity contribution in [3.63, 3.8) is 0 Å². The van der Waals surface area contributed by atoms with E-state index in [0.29, 0.717) is 49.1 Å². The lowest BCUT2D eigenvalue weighted by Gasteiger charge is -2.37. The zero-order valence-corrected chi connectivity index (χ0v) is 20.3. The molecule has 1 aliphatic heterocycles. The summed E-state index contributed by atoms with van der Waals surface area (Å²) in [6, 6.07) is 10.8. The largest absolute Gasteiger partial charge is 0.492 e. The minimum atomic E-state index is -3.58. The smallest absolute Gasteiger partial charge is 0.243 e. The van der Waals surface area contributed by atoms with E-state index in [2.05, 4.69) is 5.32 Å². The third kappa shape index (κ3) is 5.14. The molecule has 32 heavy (non-hydrogen) atoms. The van der Waals surface area contributed by atoms with Crippen LogP contribution in [0.25, 0.3) is 0 Å². The fourth-order valence-electron chi connectivity index (χ4n) is 4.29. The van der Waals surface area contributed by atoms with Crippen LogP contribution in [0, 0.1) is 20.8 Å². The van der Waals surface area contributed by atoms with Gasteiger partial charge in [0.25, 0.3) is 0 Å². The molecule has 2 aromatic carbocycles. The average molecular weight is 460 g/mol. The Kier molecular flexibility index (Phi) is 7.59. The fourth-order valence-corrected chi connectivity index (χ4v) is 6.12. The topological polar surface area (TPSA) is 79.0 Å². The van der Waals surface area contributed by atoms with Gasteiger partial charge < -0.3 is 10.1 Å². The van der Waals surface area contributed by atoms with Gasteiger partial charge in [-0.3, -0.25) is 9.69 Å². The Morgan fingerprint density at radius 1 is 1.06 bits per heavy atom. The number of hydrogen-bond donors (Lipinski definition) is 1. The van der Waals surface area contributed by atoms with Gasteiger partial charge in [0.05, 0.1) is 23.2 Å². The quantitative estimate of drug-likeness (QED) is 0.687. The molecule has 1 fully saturated rings. The second kappa shape index (κ2) is 10.0. The molecule has 1 saturated heterocycles. The predicted molar refractivity (Wildman–Crippen MR) is 127 cm³/mol. The molecule has 8 heteroatoms. The lowest BCUT2D eigenvalue weighted by molar-refractivity contribution is -0.121. The van der Waals surface area contributed by atoms with E-state index in [1.165, 1.54) is 4.31 Å². The standard InChI is InChI=1S/C24H33N3O4S/c1-6-31-22-10-8-7-9-21(22)25-24(28)20(5)26-11-13-27(14-12-26)32(29,30)23-18(3)15-17(2)16-19(23)4/h7-10,15-16,20H,6,11-14H2,1-5H3,(H,25,28). The maximum atomic E-state index is 13.3. The van der Waals surface area contributed by atoms with Crippen LogP contribution >= 0.6 is 0 Å². The van der Waals surface area contributed by atoms with Gasteiger partial charge in [0.1, 0.15) is 5.75 Å². The van der Waals surface area contributed by atoms with Gasteiger partial charge in [0.2, 0.25) is 15.9 Å². The molecule has 1 aliphatic rings. The number of hydrogen-bond acceptors (Lipinski definition) is 5. The van der Waals surface area contributed by atoms with Crippen LogP contribution in [0.4, 0.5) is 5.69 Å². The number of anilines is 1. The summed E-state index contributed by atoms with van der Waals surface area (Å²) in [7, 11) is -3.58. The zero-order valence-electron chi connectivity index (χ0n) is 19.5. The van der Waals surface area contributed by atoms with E-state index < -0.39 is 16.1 Å². The van der Waals surface area contributed by atoms with Crippen molar-refractivity contribution < 1.29 is 17.9 Å². The molecule has 0 bridgehead atoms. The van der Waals surface area contributed by atoms with Gasteiger partial charge in [0, 0.05) is 26.2 Å².